The number of hydrogen-bond donors (Lipinski definition) is 2. The standard InChI is InChI=1S/C16H15FN2O4S/c17-13-5-2-1-4-12(13)16(21)18-14-10-11(6-7-15(14)20)19-8-3-9-24(19,22)23/h1-2,4-7,10,20H,3,8-9H2,(H,18,21). The van der Waals surface area contributed by atoms with Crippen molar-refractivity contribution in [3.8, 4) is 5.75 Å². The van der Waals surface area contributed by atoms with Gasteiger partial charge in [-0.15, -0.1) is 0 Å². The van der Waals surface area contributed by atoms with Crippen molar-refractivity contribution in [2.24, 2.45) is 0 Å². The van der Waals surface area contributed by atoms with E-state index in [1.165, 1.54) is 40.7 Å². The number of benzene rings is 2. The molecule has 6 nitrogen and oxygen atoms in total. The molecule has 3 rings (SSSR count). The zero-order chi connectivity index (χ0) is 17.3. The molecule has 126 valence electrons. The average molecular weight is 350 g/mol. The van der Waals surface area contributed by atoms with Gasteiger partial charge in [0.15, 0.2) is 0 Å². The highest BCUT2D eigenvalue weighted by Gasteiger charge is 2.29. The SMILES string of the molecule is O=C(Nc1cc(N2CCCS2(=O)=O)ccc1O)c1ccccc1F. The lowest BCUT2D eigenvalue weighted by molar-refractivity contribution is 0.102. The molecule has 1 aliphatic heterocycles. The second-order valence-electron chi connectivity index (χ2n) is 5.38. The van der Waals surface area contributed by atoms with Crippen LogP contribution in [0.2, 0.25) is 0 Å². The Hall–Kier alpha value is -2.61. The number of nitrogens with zero attached hydrogens (tertiary/aromatic N) is 1. The number of anilines is 2. The van der Waals surface area contributed by atoms with E-state index < -0.39 is 21.7 Å². The van der Waals surface area contributed by atoms with E-state index in [2.05, 4.69) is 5.32 Å². The van der Waals surface area contributed by atoms with Crippen LogP contribution in [0.5, 0.6) is 5.75 Å². The molecule has 0 saturated carbocycles. The highest BCUT2D eigenvalue weighted by atomic mass is 32.2. The maximum absolute atomic E-state index is 13.7. The summed E-state index contributed by atoms with van der Waals surface area (Å²) < 4.78 is 38.8. The van der Waals surface area contributed by atoms with Gasteiger partial charge in [0.05, 0.1) is 22.7 Å². The normalized spacial score (nSPS) is 16.1. The number of rotatable bonds is 3. The molecule has 0 bridgehead atoms. The van der Waals surface area contributed by atoms with E-state index in [0.717, 1.165) is 6.07 Å². The van der Waals surface area contributed by atoms with Crippen LogP contribution in [-0.2, 0) is 10.0 Å². The number of amides is 1. The second kappa shape index (κ2) is 6.12. The van der Waals surface area contributed by atoms with Crippen molar-refractivity contribution in [2.75, 3.05) is 21.9 Å². The fourth-order valence-corrected chi connectivity index (χ4v) is 4.10. The summed E-state index contributed by atoms with van der Waals surface area (Å²) in [4.78, 5) is 12.2. The minimum Gasteiger partial charge on any atom is -0.506 e. The van der Waals surface area contributed by atoms with Gasteiger partial charge in [0.1, 0.15) is 11.6 Å². The Bertz CT molecular complexity index is 899. The predicted molar refractivity (Wildman–Crippen MR) is 88.2 cm³/mol. The Morgan fingerprint density at radius 2 is 1.96 bits per heavy atom. The number of carbonyl (C=O) groups is 1. The second-order valence-corrected chi connectivity index (χ2v) is 7.39. The summed E-state index contributed by atoms with van der Waals surface area (Å²) in [7, 11) is -3.38. The van der Waals surface area contributed by atoms with Crippen molar-refractivity contribution in [2.45, 2.75) is 6.42 Å². The van der Waals surface area contributed by atoms with Crippen LogP contribution >= 0.6 is 0 Å². The summed E-state index contributed by atoms with van der Waals surface area (Å²) >= 11 is 0. The van der Waals surface area contributed by atoms with Crippen molar-refractivity contribution in [3.63, 3.8) is 0 Å². The molecule has 1 fully saturated rings. The van der Waals surface area contributed by atoms with Gasteiger partial charge in [-0.1, -0.05) is 12.1 Å². The molecule has 2 N–H and O–H groups in total. The molecule has 1 aliphatic rings. The van der Waals surface area contributed by atoms with Gasteiger partial charge in [0.25, 0.3) is 5.91 Å². The largest absolute Gasteiger partial charge is 0.506 e. The minimum atomic E-state index is -3.38. The third kappa shape index (κ3) is 3.05. The highest BCUT2D eigenvalue weighted by molar-refractivity contribution is 7.93. The van der Waals surface area contributed by atoms with Gasteiger partial charge < -0.3 is 10.4 Å². The quantitative estimate of drug-likeness (QED) is 0.832. The first-order valence-electron chi connectivity index (χ1n) is 7.28. The van der Waals surface area contributed by atoms with E-state index in [4.69, 9.17) is 0 Å². The lowest BCUT2D eigenvalue weighted by Crippen LogP contribution is -2.25. The summed E-state index contributed by atoms with van der Waals surface area (Å²) in [6.07, 6.45) is 0.514. The number of phenols is 1. The number of nitrogens with one attached hydrogen (secondary N) is 1. The first-order chi connectivity index (χ1) is 11.4. The van der Waals surface area contributed by atoms with Gasteiger partial charge in [-0.05, 0) is 36.8 Å². The first kappa shape index (κ1) is 16.3. The highest BCUT2D eigenvalue weighted by Crippen LogP contribution is 2.32. The van der Waals surface area contributed by atoms with Crippen LogP contribution in [0.25, 0.3) is 0 Å². The van der Waals surface area contributed by atoms with Crippen LogP contribution in [0.3, 0.4) is 0 Å². The Kier molecular flexibility index (Phi) is 4.15. The fourth-order valence-electron chi connectivity index (χ4n) is 2.54. The average Bonchev–Trinajstić information content (AvgIpc) is 2.89. The number of phenolic OH excluding ortho intramolecular Hbond substituents is 1. The molecule has 1 saturated heterocycles. The zero-order valence-corrected chi connectivity index (χ0v) is 13.4. The van der Waals surface area contributed by atoms with Gasteiger partial charge in [-0.3, -0.25) is 9.10 Å². The summed E-state index contributed by atoms with van der Waals surface area (Å²) in [5.74, 6) is -1.59. The molecule has 0 spiro atoms. The lowest BCUT2D eigenvalue weighted by Gasteiger charge is -2.18. The number of hydrogen-bond acceptors (Lipinski definition) is 4. The van der Waals surface area contributed by atoms with Crippen molar-refractivity contribution >= 4 is 27.3 Å². The van der Waals surface area contributed by atoms with E-state index >= 15 is 0 Å². The van der Waals surface area contributed by atoms with Crippen LogP contribution in [0, 0.1) is 5.82 Å². The van der Waals surface area contributed by atoms with Gasteiger partial charge in [0.2, 0.25) is 10.0 Å². The number of halogens is 1. The molecule has 1 amide bonds. The van der Waals surface area contributed by atoms with Crippen LogP contribution < -0.4 is 9.62 Å². The monoisotopic (exact) mass is 350 g/mol. The lowest BCUT2D eigenvalue weighted by atomic mass is 10.2. The summed E-state index contributed by atoms with van der Waals surface area (Å²) in [5.41, 5.74) is 0.188. The van der Waals surface area contributed by atoms with Gasteiger partial charge >= 0.3 is 0 Å². The third-order valence-electron chi connectivity index (χ3n) is 3.73. The molecular weight excluding hydrogens is 335 g/mol. The summed E-state index contributed by atoms with van der Waals surface area (Å²) in [6.45, 7) is 0.341. The van der Waals surface area contributed by atoms with Crippen LogP contribution in [0.1, 0.15) is 16.8 Å². The number of carbonyl (C=O) groups excluding carboxylic acids is 1. The molecule has 0 aromatic heterocycles. The maximum atomic E-state index is 13.7. The molecule has 8 heteroatoms. The van der Waals surface area contributed by atoms with Crippen molar-refractivity contribution < 1.29 is 22.7 Å². The molecule has 24 heavy (non-hydrogen) atoms. The minimum absolute atomic E-state index is 0.0165. The third-order valence-corrected chi connectivity index (χ3v) is 5.60. The Morgan fingerprint density at radius 1 is 1.21 bits per heavy atom. The van der Waals surface area contributed by atoms with E-state index in [0.29, 0.717) is 18.7 Å². The van der Waals surface area contributed by atoms with E-state index in [9.17, 15) is 22.7 Å². The van der Waals surface area contributed by atoms with Gasteiger partial charge in [-0.25, -0.2) is 12.8 Å². The molecule has 2 aromatic carbocycles. The van der Waals surface area contributed by atoms with Crippen LogP contribution in [0.4, 0.5) is 15.8 Å². The molecule has 2 aromatic rings. The van der Waals surface area contributed by atoms with Gasteiger partial charge in [0, 0.05) is 6.54 Å². The summed E-state index contributed by atoms with van der Waals surface area (Å²) in [5, 5.41) is 12.3. The number of aromatic hydroxyl groups is 1. The Morgan fingerprint density at radius 3 is 2.62 bits per heavy atom. The predicted octanol–water partition coefficient (Wildman–Crippen LogP) is 2.32. The van der Waals surface area contributed by atoms with E-state index in [1.807, 2.05) is 0 Å². The van der Waals surface area contributed by atoms with Crippen LogP contribution in [-0.4, -0.2) is 31.7 Å². The molecule has 0 atom stereocenters. The van der Waals surface area contributed by atoms with Crippen molar-refractivity contribution in [1.29, 1.82) is 0 Å². The molecular formula is C16H15FN2O4S. The summed E-state index contributed by atoms with van der Waals surface area (Å²) in [6, 6.07) is 9.56. The fraction of sp³-hybridized carbons (Fsp3) is 0.188. The van der Waals surface area contributed by atoms with Crippen LogP contribution in [0.15, 0.2) is 42.5 Å². The number of sulfonamides is 1. The Labute approximate surface area is 138 Å². The topological polar surface area (TPSA) is 86.7 Å². The van der Waals surface area contributed by atoms with E-state index in [1.54, 1.807) is 0 Å². The maximum Gasteiger partial charge on any atom is 0.258 e. The molecule has 0 unspecified atom stereocenters. The van der Waals surface area contributed by atoms with Crippen molar-refractivity contribution in [1.82, 2.24) is 0 Å². The molecule has 1 heterocycles. The first-order valence-corrected chi connectivity index (χ1v) is 8.89. The smallest absolute Gasteiger partial charge is 0.258 e. The zero-order valence-electron chi connectivity index (χ0n) is 12.6. The molecule has 0 aliphatic carbocycles. The molecule has 0 radical (unpaired) electrons. The Balaban J connectivity index is 1.90. The van der Waals surface area contributed by atoms with Gasteiger partial charge in [-0.2, -0.15) is 0 Å². The van der Waals surface area contributed by atoms with E-state index in [-0.39, 0.29) is 22.8 Å². The van der Waals surface area contributed by atoms with Crippen molar-refractivity contribution in [3.05, 3.63) is 53.8 Å².